The van der Waals surface area contributed by atoms with Crippen LogP contribution in [0.15, 0.2) is 200 Å². The van der Waals surface area contributed by atoms with Crippen LogP contribution >= 0.6 is 0 Å². The first kappa shape index (κ1) is 45.7. The average molecular weight is 963 g/mol. The van der Waals surface area contributed by atoms with Gasteiger partial charge < -0.3 is 9.13 Å². The molecular formula is C67H45F3N4. The molecule has 0 aliphatic carbocycles. The molecule has 0 aliphatic heterocycles. The fourth-order valence-corrected chi connectivity index (χ4v) is 11.0. The highest BCUT2D eigenvalue weighted by molar-refractivity contribution is 6.15. The quantitative estimate of drug-likeness (QED) is 0.147. The molecule has 0 fully saturated rings. The first-order valence-electron chi connectivity index (χ1n) is 24.5. The number of aromatic nitrogens is 2. The van der Waals surface area contributed by atoms with Gasteiger partial charge in [0.1, 0.15) is 0 Å². The average Bonchev–Trinajstić information content (AvgIpc) is 3.95. The normalized spacial score (nSPS) is 11.7. The Morgan fingerprint density at radius 1 is 0.405 bits per heavy atom. The summed E-state index contributed by atoms with van der Waals surface area (Å²) in [4.78, 5) is 3.83. The molecule has 0 saturated carbocycles. The van der Waals surface area contributed by atoms with E-state index in [0.29, 0.717) is 11.4 Å². The molecule has 74 heavy (non-hydrogen) atoms. The van der Waals surface area contributed by atoms with Gasteiger partial charge in [0, 0.05) is 32.7 Å². The van der Waals surface area contributed by atoms with Crippen molar-refractivity contribution in [1.29, 1.82) is 5.26 Å². The molecule has 12 aromatic rings. The second-order valence-electron chi connectivity index (χ2n) is 19.4. The molecule has 0 atom stereocenters. The third-order valence-corrected chi connectivity index (χ3v) is 14.4. The Morgan fingerprint density at radius 2 is 0.730 bits per heavy atom. The van der Waals surface area contributed by atoms with Crippen molar-refractivity contribution in [2.75, 3.05) is 0 Å². The number of benzene rings is 10. The second-order valence-corrected chi connectivity index (χ2v) is 19.4. The number of halogens is 3. The molecule has 0 amide bonds. The van der Waals surface area contributed by atoms with E-state index >= 15 is 13.2 Å². The number of alkyl halides is 3. The molecule has 0 spiro atoms. The van der Waals surface area contributed by atoms with Crippen LogP contribution in [0.5, 0.6) is 0 Å². The Bertz CT molecular complexity index is 3940. The van der Waals surface area contributed by atoms with E-state index in [4.69, 9.17) is 6.57 Å². The lowest BCUT2D eigenvalue weighted by Crippen LogP contribution is -2.11. The van der Waals surface area contributed by atoms with E-state index in [2.05, 4.69) is 136 Å². The molecule has 0 aliphatic rings. The van der Waals surface area contributed by atoms with Gasteiger partial charge in [-0.1, -0.05) is 162 Å². The number of aryl methyl sites for hydroxylation is 4. The van der Waals surface area contributed by atoms with Crippen LogP contribution in [0.1, 0.15) is 33.4 Å². The lowest BCUT2D eigenvalue weighted by atomic mass is 9.92. The van der Waals surface area contributed by atoms with Gasteiger partial charge in [-0.25, -0.2) is 4.85 Å². The first-order chi connectivity index (χ1) is 35.8. The van der Waals surface area contributed by atoms with Crippen molar-refractivity contribution < 1.29 is 13.2 Å². The van der Waals surface area contributed by atoms with Crippen LogP contribution in [-0.2, 0) is 6.18 Å². The van der Waals surface area contributed by atoms with Gasteiger partial charge in [-0.3, -0.25) is 0 Å². The highest BCUT2D eigenvalue weighted by Gasteiger charge is 2.37. The van der Waals surface area contributed by atoms with E-state index < -0.39 is 11.7 Å². The lowest BCUT2D eigenvalue weighted by molar-refractivity contribution is -0.137. The fraction of sp³-hybridized carbons (Fsp3) is 0.0746. The summed E-state index contributed by atoms with van der Waals surface area (Å²) in [5.74, 6) is 0. The fourth-order valence-electron chi connectivity index (χ4n) is 11.0. The van der Waals surface area contributed by atoms with Crippen LogP contribution in [0.25, 0.3) is 115 Å². The zero-order chi connectivity index (χ0) is 51.0. The van der Waals surface area contributed by atoms with E-state index in [0.717, 1.165) is 116 Å². The minimum absolute atomic E-state index is 0.163. The van der Waals surface area contributed by atoms with Crippen molar-refractivity contribution in [3.63, 3.8) is 0 Å². The molecule has 2 aromatic heterocycles. The molecule has 7 heteroatoms. The maximum Gasteiger partial charge on any atom is 0.415 e. The van der Waals surface area contributed by atoms with E-state index in [1.807, 2.05) is 81.9 Å². The number of rotatable bonds is 7. The van der Waals surface area contributed by atoms with E-state index in [-0.39, 0.29) is 22.4 Å². The summed E-state index contributed by atoms with van der Waals surface area (Å²) < 4.78 is 51.8. The second kappa shape index (κ2) is 17.7. The van der Waals surface area contributed by atoms with Crippen LogP contribution in [0.4, 0.5) is 18.9 Å². The Hall–Kier alpha value is -9.43. The predicted octanol–water partition coefficient (Wildman–Crippen LogP) is 18.9. The van der Waals surface area contributed by atoms with Crippen LogP contribution in [-0.4, -0.2) is 9.13 Å². The summed E-state index contributed by atoms with van der Waals surface area (Å²) in [6.45, 7) is 16.7. The zero-order valence-corrected chi connectivity index (χ0v) is 41.0. The lowest BCUT2D eigenvalue weighted by Gasteiger charge is -2.24. The molecule has 0 unspecified atom stereocenters. The predicted molar refractivity (Wildman–Crippen MR) is 297 cm³/mol. The van der Waals surface area contributed by atoms with Gasteiger partial charge in [0.2, 0.25) is 0 Å². The summed E-state index contributed by atoms with van der Waals surface area (Å²) in [6.07, 6.45) is -4.86. The highest BCUT2D eigenvalue weighted by atomic mass is 19.4. The molecule has 10 aromatic carbocycles. The molecule has 2 heterocycles. The molecule has 4 nitrogen and oxygen atoms in total. The van der Waals surface area contributed by atoms with Gasteiger partial charge in [-0.2, -0.15) is 18.4 Å². The standard InChI is InChI=1S/C67H45F3N4/c1-40-11-6-15-45(29-40)49-21-25-59-53(35-49)54-36-50(46-16-7-12-41(2)30-46)22-26-60(54)73(59)63-33-44(39-71)34-64(66(63)65-57(67(68,69)70)19-10-20-58(65)72-5)74-61-27-23-51(47-17-8-13-42(3)31-47)37-55(61)56-38-52(24-28-62(56)74)48-18-9-14-43(4)32-48/h6-38H,1-4H3. The Balaban J connectivity index is 1.25. The van der Waals surface area contributed by atoms with Crippen molar-refractivity contribution in [2.45, 2.75) is 33.9 Å². The number of hydrogen-bond acceptors (Lipinski definition) is 1. The maximum atomic E-state index is 15.9. The summed E-state index contributed by atoms with van der Waals surface area (Å²) in [5.41, 5.74) is 15.0. The molecule has 0 bridgehead atoms. The summed E-state index contributed by atoms with van der Waals surface area (Å²) in [6, 6.07) is 67.6. The van der Waals surface area contributed by atoms with Gasteiger partial charge in [-0.15, -0.1) is 0 Å². The van der Waals surface area contributed by atoms with E-state index in [9.17, 15) is 5.26 Å². The molecule has 0 radical (unpaired) electrons. The number of hydrogen-bond donors (Lipinski definition) is 0. The minimum atomic E-state index is -4.86. The van der Waals surface area contributed by atoms with Gasteiger partial charge >= 0.3 is 6.18 Å². The Labute approximate surface area is 426 Å². The van der Waals surface area contributed by atoms with Gasteiger partial charge in [-0.05, 0) is 133 Å². The Kier molecular flexibility index (Phi) is 10.9. The maximum absolute atomic E-state index is 15.9. The molecule has 12 rings (SSSR count). The van der Waals surface area contributed by atoms with E-state index in [1.54, 1.807) is 12.1 Å². The van der Waals surface area contributed by atoms with Crippen molar-refractivity contribution in [3.05, 3.63) is 245 Å². The zero-order valence-electron chi connectivity index (χ0n) is 41.0. The van der Waals surface area contributed by atoms with Crippen LogP contribution in [0, 0.1) is 45.6 Å². The third kappa shape index (κ3) is 7.78. The van der Waals surface area contributed by atoms with Crippen molar-refractivity contribution in [2.24, 2.45) is 0 Å². The van der Waals surface area contributed by atoms with Crippen molar-refractivity contribution in [1.82, 2.24) is 9.13 Å². The number of nitriles is 1. The molecular weight excluding hydrogens is 918 g/mol. The van der Waals surface area contributed by atoms with E-state index in [1.165, 1.54) is 12.1 Å². The summed E-state index contributed by atoms with van der Waals surface area (Å²) >= 11 is 0. The topological polar surface area (TPSA) is 38.0 Å². The van der Waals surface area contributed by atoms with Gasteiger partial charge in [0.25, 0.3) is 0 Å². The SMILES string of the molecule is [C-]#[N+]c1cccc(C(F)(F)F)c1-c1c(-n2c3ccc(-c4cccc(C)c4)cc3c3cc(-c4cccc(C)c4)ccc32)cc(C#N)cc1-n1c2ccc(-c3cccc(C)c3)cc2c2cc(-c3cccc(C)c3)ccc21. The largest absolute Gasteiger partial charge is 0.415 e. The summed E-state index contributed by atoms with van der Waals surface area (Å²) in [5, 5.41) is 14.6. The molecule has 0 N–H and O–H groups in total. The van der Waals surface area contributed by atoms with Crippen molar-refractivity contribution >= 4 is 49.3 Å². The first-order valence-corrected chi connectivity index (χ1v) is 24.5. The molecule has 0 saturated heterocycles. The van der Waals surface area contributed by atoms with Crippen LogP contribution in [0.3, 0.4) is 0 Å². The summed E-state index contributed by atoms with van der Waals surface area (Å²) in [7, 11) is 0. The molecule has 354 valence electrons. The number of fused-ring (bicyclic) bond motifs is 6. The Morgan fingerprint density at radius 3 is 1.03 bits per heavy atom. The smallest absolute Gasteiger partial charge is 0.309 e. The van der Waals surface area contributed by atoms with Crippen LogP contribution < -0.4 is 0 Å². The van der Waals surface area contributed by atoms with Crippen molar-refractivity contribution in [3.8, 4) is 73.1 Å². The monoisotopic (exact) mass is 962 g/mol. The highest BCUT2D eigenvalue weighted by Crippen LogP contribution is 2.50. The number of nitrogens with zero attached hydrogens (tertiary/aromatic N) is 4. The third-order valence-electron chi connectivity index (χ3n) is 14.4. The van der Waals surface area contributed by atoms with Gasteiger partial charge in [0.15, 0.2) is 5.69 Å². The van der Waals surface area contributed by atoms with Crippen LogP contribution in [0.2, 0.25) is 0 Å². The minimum Gasteiger partial charge on any atom is -0.309 e. The van der Waals surface area contributed by atoms with Gasteiger partial charge in [0.05, 0.1) is 57.2 Å².